The second-order valence-corrected chi connectivity index (χ2v) is 11.7. The normalized spacial score (nSPS) is 12.6. The molecule has 2 heterocycles. The molecule has 190 valence electrons. The van der Waals surface area contributed by atoms with E-state index in [-0.39, 0.29) is 17.7 Å². The van der Waals surface area contributed by atoms with Crippen molar-refractivity contribution in [3.8, 4) is 0 Å². The number of amides is 2. The number of nitrogens with zero attached hydrogens (tertiary/aromatic N) is 3. The summed E-state index contributed by atoms with van der Waals surface area (Å²) in [6, 6.07) is 6.73. The summed E-state index contributed by atoms with van der Waals surface area (Å²) >= 11 is 1.56. The van der Waals surface area contributed by atoms with E-state index >= 15 is 0 Å². The van der Waals surface area contributed by atoms with Gasteiger partial charge in [0.15, 0.2) is 0 Å². The lowest BCUT2D eigenvalue weighted by Gasteiger charge is -2.37. The fraction of sp³-hybridized carbons (Fsp3) is 0.536. The Bertz CT molecular complexity index is 1120. The average Bonchev–Trinajstić information content (AvgIpc) is 3.41. The van der Waals surface area contributed by atoms with Crippen molar-refractivity contribution in [1.29, 1.82) is 0 Å². The van der Waals surface area contributed by atoms with Crippen LogP contribution in [-0.2, 0) is 11.3 Å². The van der Waals surface area contributed by atoms with Gasteiger partial charge in [0.1, 0.15) is 11.6 Å². The molecule has 0 fully saturated rings. The summed E-state index contributed by atoms with van der Waals surface area (Å²) in [5.74, 6) is 0.780. The van der Waals surface area contributed by atoms with Crippen molar-refractivity contribution >= 4 is 34.1 Å². The third kappa shape index (κ3) is 7.17. The number of thiazole rings is 1. The fourth-order valence-electron chi connectivity index (χ4n) is 4.40. The molecule has 0 aliphatic carbocycles. The smallest absolute Gasteiger partial charge is 0.254 e. The summed E-state index contributed by atoms with van der Waals surface area (Å²) < 4.78 is 5.46. The molecule has 1 atom stereocenters. The lowest BCUT2D eigenvalue weighted by atomic mass is 9.98. The van der Waals surface area contributed by atoms with E-state index in [2.05, 4.69) is 46.5 Å². The minimum absolute atomic E-state index is 0.0193. The van der Waals surface area contributed by atoms with Crippen molar-refractivity contribution in [1.82, 2.24) is 14.8 Å². The third-order valence-corrected chi connectivity index (χ3v) is 6.62. The number of fused-ring (bicyclic) bond motifs is 1. The van der Waals surface area contributed by atoms with Gasteiger partial charge in [0.05, 0.1) is 23.5 Å². The van der Waals surface area contributed by atoms with E-state index in [1.807, 2.05) is 35.4 Å². The summed E-state index contributed by atoms with van der Waals surface area (Å²) in [5.41, 5.74) is 2.09. The van der Waals surface area contributed by atoms with E-state index in [1.54, 1.807) is 28.6 Å². The maximum Gasteiger partial charge on any atom is 0.254 e. The number of hydrogen-bond acceptors (Lipinski definition) is 5. The van der Waals surface area contributed by atoms with Crippen LogP contribution in [0.2, 0.25) is 0 Å². The molecule has 3 rings (SSSR count). The summed E-state index contributed by atoms with van der Waals surface area (Å²) in [7, 11) is 0. The van der Waals surface area contributed by atoms with E-state index in [0.717, 1.165) is 21.7 Å². The monoisotopic (exact) mass is 497 g/mol. The van der Waals surface area contributed by atoms with Crippen molar-refractivity contribution in [3.05, 3.63) is 52.2 Å². The van der Waals surface area contributed by atoms with Crippen LogP contribution in [0.4, 0.5) is 0 Å². The number of hydrogen-bond donors (Lipinski definition) is 0. The van der Waals surface area contributed by atoms with Crippen LogP contribution >= 0.6 is 11.3 Å². The molecule has 1 aromatic carbocycles. The Morgan fingerprint density at radius 2 is 1.69 bits per heavy atom. The van der Waals surface area contributed by atoms with E-state index in [9.17, 15) is 9.59 Å². The molecular formula is C28H39N3O3S. The maximum absolute atomic E-state index is 14.1. The molecule has 3 aromatic rings. The molecule has 2 aromatic heterocycles. The first-order valence-corrected chi connectivity index (χ1v) is 13.4. The number of carbonyl (C=O) groups excluding carboxylic acids is 2. The Kier molecular flexibility index (Phi) is 9.11. The van der Waals surface area contributed by atoms with Gasteiger partial charge in [0, 0.05) is 29.4 Å². The van der Waals surface area contributed by atoms with Gasteiger partial charge in [-0.05, 0) is 55.4 Å². The maximum atomic E-state index is 14.1. The molecule has 0 radical (unpaired) electrons. The number of carbonyl (C=O) groups is 2. The molecule has 0 saturated heterocycles. The van der Waals surface area contributed by atoms with Gasteiger partial charge in [-0.15, -0.1) is 11.3 Å². The predicted octanol–water partition coefficient (Wildman–Crippen LogP) is 6.40. The first-order chi connectivity index (χ1) is 16.5. The number of furan rings is 1. The molecule has 0 unspecified atom stereocenters. The van der Waals surface area contributed by atoms with Crippen molar-refractivity contribution in [2.75, 3.05) is 13.1 Å². The van der Waals surface area contributed by atoms with Gasteiger partial charge in [-0.1, -0.05) is 41.5 Å². The topological polar surface area (TPSA) is 66.7 Å². The minimum Gasteiger partial charge on any atom is -0.464 e. The van der Waals surface area contributed by atoms with E-state index in [1.165, 1.54) is 0 Å². The van der Waals surface area contributed by atoms with Crippen LogP contribution in [0.25, 0.3) is 11.0 Å². The molecule has 35 heavy (non-hydrogen) atoms. The first kappa shape index (κ1) is 26.9. The summed E-state index contributed by atoms with van der Waals surface area (Å²) in [6.45, 7) is 16.3. The Balaban J connectivity index is 2.04. The molecule has 7 heteroatoms. The molecule has 0 bridgehead atoms. The largest absolute Gasteiger partial charge is 0.464 e. The second-order valence-electron chi connectivity index (χ2n) is 10.6. The van der Waals surface area contributed by atoms with Crippen molar-refractivity contribution < 1.29 is 14.0 Å². The number of aromatic nitrogens is 1. The Hall–Kier alpha value is -2.67. The van der Waals surface area contributed by atoms with E-state index < -0.39 is 6.04 Å². The number of benzene rings is 1. The predicted molar refractivity (Wildman–Crippen MR) is 142 cm³/mol. The second kappa shape index (κ2) is 11.8. The number of rotatable bonds is 11. The van der Waals surface area contributed by atoms with Gasteiger partial charge in [-0.2, -0.15) is 0 Å². The van der Waals surface area contributed by atoms with Crippen LogP contribution < -0.4 is 0 Å². The highest BCUT2D eigenvalue weighted by molar-refractivity contribution is 7.09. The van der Waals surface area contributed by atoms with Gasteiger partial charge in [0.25, 0.3) is 5.91 Å². The Morgan fingerprint density at radius 3 is 2.26 bits per heavy atom. The van der Waals surface area contributed by atoms with Crippen LogP contribution in [0.5, 0.6) is 0 Å². The summed E-state index contributed by atoms with van der Waals surface area (Å²) in [6.07, 6.45) is 2.21. The van der Waals surface area contributed by atoms with Crippen molar-refractivity contribution in [2.24, 2.45) is 17.8 Å². The zero-order valence-corrected chi connectivity index (χ0v) is 22.9. The standard InChI is InChI=1S/C28H39N3O3S/c1-18(2)12-25(28(33)30(14-19(3)4)15-20(5)6)31(16-24-17-35-21(7)29-24)27(32)23-8-9-26-22(13-23)10-11-34-26/h8-11,13,17-20,25H,12,14-16H2,1-7H3/t25-/m0/s1. The fourth-order valence-corrected chi connectivity index (χ4v) is 5.00. The van der Waals surface area contributed by atoms with Gasteiger partial charge in [-0.3, -0.25) is 9.59 Å². The lowest BCUT2D eigenvalue weighted by Crippen LogP contribution is -2.52. The molecule has 2 amide bonds. The molecule has 0 spiro atoms. The molecule has 0 saturated carbocycles. The lowest BCUT2D eigenvalue weighted by molar-refractivity contribution is -0.138. The molecule has 0 aliphatic rings. The zero-order chi connectivity index (χ0) is 25.7. The SMILES string of the molecule is Cc1nc(CN(C(=O)c2ccc3occc3c2)[C@@H](CC(C)C)C(=O)N(CC(C)C)CC(C)C)cs1. The number of aryl methyl sites for hydroxylation is 1. The third-order valence-electron chi connectivity index (χ3n) is 5.80. The summed E-state index contributed by atoms with van der Waals surface area (Å²) in [4.78, 5) is 36.4. The summed E-state index contributed by atoms with van der Waals surface area (Å²) in [5, 5.41) is 3.79. The van der Waals surface area contributed by atoms with Gasteiger partial charge in [-0.25, -0.2) is 4.98 Å². The highest BCUT2D eigenvalue weighted by atomic mass is 32.1. The van der Waals surface area contributed by atoms with Crippen LogP contribution in [0.1, 0.15) is 69.0 Å². The molecule has 0 aliphatic heterocycles. The zero-order valence-electron chi connectivity index (χ0n) is 22.1. The average molecular weight is 498 g/mol. The molecule has 6 nitrogen and oxygen atoms in total. The first-order valence-electron chi connectivity index (χ1n) is 12.5. The van der Waals surface area contributed by atoms with Crippen molar-refractivity contribution in [2.45, 2.75) is 67.5 Å². The minimum atomic E-state index is -0.568. The van der Waals surface area contributed by atoms with Crippen molar-refractivity contribution in [3.63, 3.8) is 0 Å². The highest BCUT2D eigenvalue weighted by Crippen LogP contribution is 2.24. The Labute approximate surface area is 213 Å². The highest BCUT2D eigenvalue weighted by Gasteiger charge is 2.35. The van der Waals surface area contributed by atoms with Crippen LogP contribution in [0.15, 0.2) is 40.3 Å². The van der Waals surface area contributed by atoms with Gasteiger partial charge < -0.3 is 14.2 Å². The quantitative estimate of drug-likeness (QED) is 0.308. The van der Waals surface area contributed by atoms with E-state index in [0.29, 0.717) is 43.5 Å². The molecular weight excluding hydrogens is 458 g/mol. The van der Waals surface area contributed by atoms with Gasteiger partial charge >= 0.3 is 0 Å². The Morgan fingerprint density at radius 1 is 1.00 bits per heavy atom. The van der Waals surface area contributed by atoms with Crippen LogP contribution in [0.3, 0.4) is 0 Å². The van der Waals surface area contributed by atoms with Crippen LogP contribution in [0, 0.1) is 24.7 Å². The molecule has 0 N–H and O–H groups in total. The van der Waals surface area contributed by atoms with Gasteiger partial charge in [0.2, 0.25) is 5.91 Å². The van der Waals surface area contributed by atoms with Crippen LogP contribution in [-0.4, -0.2) is 45.7 Å². The van der Waals surface area contributed by atoms with E-state index in [4.69, 9.17) is 4.42 Å².